The summed E-state index contributed by atoms with van der Waals surface area (Å²) in [5.41, 5.74) is 5.54. The first-order chi connectivity index (χ1) is 8.43. The molecule has 4 atom stereocenters. The summed E-state index contributed by atoms with van der Waals surface area (Å²) in [7, 11) is 0. The first-order valence-electron chi connectivity index (χ1n) is 7.33. The number of carbonyl (C=O) groups excluding carboxylic acids is 1. The highest BCUT2D eigenvalue weighted by atomic mass is 16.5. The molecule has 3 heteroatoms. The van der Waals surface area contributed by atoms with Crippen LogP contribution in [0.3, 0.4) is 0 Å². The van der Waals surface area contributed by atoms with Crippen LogP contribution < -0.4 is 5.73 Å². The molecule has 4 unspecified atom stereocenters. The first kappa shape index (κ1) is 15.5. The van der Waals surface area contributed by atoms with Crippen LogP contribution in [0.4, 0.5) is 0 Å². The van der Waals surface area contributed by atoms with Crippen LogP contribution in [0.15, 0.2) is 0 Å². The lowest BCUT2D eigenvalue weighted by atomic mass is 9.75. The van der Waals surface area contributed by atoms with Crippen LogP contribution in [-0.4, -0.2) is 18.6 Å². The Kier molecular flexibility index (Phi) is 6.13. The zero-order valence-corrected chi connectivity index (χ0v) is 12.3. The first-order valence-corrected chi connectivity index (χ1v) is 7.33. The second-order valence-corrected chi connectivity index (χ2v) is 6.40. The molecule has 3 nitrogen and oxygen atoms in total. The number of esters is 1. The number of nitrogens with two attached hydrogens (primary N) is 1. The lowest BCUT2D eigenvalue weighted by molar-refractivity contribution is -0.156. The molecule has 0 radical (unpaired) electrons. The van der Waals surface area contributed by atoms with Crippen LogP contribution >= 0.6 is 0 Å². The van der Waals surface area contributed by atoms with Crippen LogP contribution in [0.25, 0.3) is 0 Å². The Morgan fingerprint density at radius 1 is 1.33 bits per heavy atom. The second kappa shape index (κ2) is 7.13. The molecule has 18 heavy (non-hydrogen) atoms. The summed E-state index contributed by atoms with van der Waals surface area (Å²) >= 11 is 0. The monoisotopic (exact) mass is 255 g/mol. The van der Waals surface area contributed by atoms with Gasteiger partial charge in [0.25, 0.3) is 0 Å². The van der Waals surface area contributed by atoms with Crippen LogP contribution in [-0.2, 0) is 9.53 Å². The third kappa shape index (κ3) is 4.60. The van der Waals surface area contributed by atoms with Gasteiger partial charge in [-0.3, -0.25) is 4.79 Å². The van der Waals surface area contributed by atoms with Gasteiger partial charge in [-0.15, -0.1) is 0 Å². The van der Waals surface area contributed by atoms with Crippen LogP contribution in [0, 0.1) is 23.7 Å². The van der Waals surface area contributed by atoms with Crippen molar-refractivity contribution in [2.75, 3.05) is 6.54 Å². The predicted octanol–water partition coefficient (Wildman–Crippen LogP) is 2.98. The summed E-state index contributed by atoms with van der Waals surface area (Å²) in [5.74, 6) is 1.93. The fourth-order valence-electron chi connectivity index (χ4n) is 2.84. The molecule has 0 heterocycles. The van der Waals surface area contributed by atoms with Crippen LogP contribution in [0.1, 0.15) is 53.4 Å². The molecule has 1 aliphatic carbocycles. The van der Waals surface area contributed by atoms with E-state index in [9.17, 15) is 4.79 Å². The third-order valence-electron chi connectivity index (χ3n) is 4.16. The van der Waals surface area contributed by atoms with Gasteiger partial charge in [0.05, 0.1) is 0 Å². The highest BCUT2D eigenvalue weighted by molar-refractivity contribution is 5.69. The standard InChI is InChI=1S/C15H29NO2/c1-10(2)13-6-5-11(3)7-14(13)18-15(17)8-12(4)9-16/h10-14H,5-9,16H2,1-4H3. The summed E-state index contributed by atoms with van der Waals surface area (Å²) < 4.78 is 5.71. The van der Waals surface area contributed by atoms with Gasteiger partial charge >= 0.3 is 5.97 Å². The van der Waals surface area contributed by atoms with Gasteiger partial charge in [0.1, 0.15) is 6.10 Å². The van der Waals surface area contributed by atoms with E-state index in [0.29, 0.717) is 30.7 Å². The maximum absolute atomic E-state index is 11.9. The molecule has 0 aromatic heterocycles. The molecule has 0 aromatic rings. The smallest absolute Gasteiger partial charge is 0.306 e. The molecular weight excluding hydrogens is 226 g/mol. The van der Waals surface area contributed by atoms with Crippen molar-refractivity contribution in [1.29, 1.82) is 0 Å². The zero-order chi connectivity index (χ0) is 13.7. The van der Waals surface area contributed by atoms with Crippen molar-refractivity contribution in [3.05, 3.63) is 0 Å². The van der Waals surface area contributed by atoms with E-state index >= 15 is 0 Å². The number of ether oxygens (including phenoxy) is 1. The van der Waals surface area contributed by atoms with E-state index < -0.39 is 0 Å². The quantitative estimate of drug-likeness (QED) is 0.768. The van der Waals surface area contributed by atoms with Gasteiger partial charge in [0.15, 0.2) is 0 Å². The van der Waals surface area contributed by atoms with E-state index in [1.54, 1.807) is 0 Å². The topological polar surface area (TPSA) is 52.3 Å². The van der Waals surface area contributed by atoms with Gasteiger partial charge in [-0.1, -0.05) is 34.1 Å². The Morgan fingerprint density at radius 2 is 2.00 bits per heavy atom. The van der Waals surface area contributed by atoms with Gasteiger partial charge in [-0.25, -0.2) is 0 Å². The molecule has 0 saturated heterocycles. The maximum Gasteiger partial charge on any atom is 0.306 e. The molecule has 0 aromatic carbocycles. The molecule has 1 aliphatic rings. The molecule has 106 valence electrons. The van der Waals surface area contributed by atoms with E-state index in [1.165, 1.54) is 12.8 Å². The van der Waals surface area contributed by atoms with Gasteiger partial charge in [0, 0.05) is 6.42 Å². The van der Waals surface area contributed by atoms with Crippen LogP contribution in [0.5, 0.6) is 0 Å². The molecule has 1 saturated carbocycles. The fourth-order valence-corrected chi connectivity index (χ4v) is 2.84. The largest absolute Gasteiger partial charge is 0.462 e. The number of hydrogen-bond acceptors (Lipinski definition) is 3. The maximum atomic E-state index is 11.9. The van der Waals surface area contributed by atoms with E-state index in [1.807, 2.05) is 6.92 Å². The minimum absolute atomic E-state index is 0.0716. The van der Waals surface area contributed by atoms with Crippen molar-refractivity contribution in [2.24, 2.45) is 29.4 Å². The Morgan fingerprint density at radius 3 is 2.56 bits per heavy atom. The predicted molar refractivity (Wildman–Crippen MR) is 74.1 cm³/mol. The Bertz CT molecular complexity index is 265. The summed E-state index contributed by atoms with van der Waals surface area (Å²) in [4.78, 5) is 11.9. The van der Waals surface area contributed by atoms with Gasteiger partial charge < -0.3 is 10.5 Å². The molecule has 2 N–H and O–H groups in total. The van der Waals surface area contributed by atoms with E-state index in [-0.39, 0.29) is 18.0 Å². The second-order valence-electron chi connectivity index (χ2n) is 6.40. The lowest BCUT2D eigenvalue weighted by Crippen LogP contribution is -2.36. The van der Waals surface area contributed by atoms with Crippen molar-refractivity contribution in [1.82, 2.24) is 0 Å². The number of rotatable bonds is 5. The summed E-state index contributed by atoms with van der Waals surface area (Å²) in [6.45, 7) is 9.24. The molecule has 1 rings (SSSR count). The SMILES string of the molecule is CC(CN)CC(=O)OC1CC(C)CCC1C(C)C. The van der Waals surface area contributed by atoms with E-state index in [4.69, 9.17) is 10.5 Å². The zero-order valence-electron chi connectivity index (χ0n) is 12.3. The van der Waals surface area contributed by atoms with E-state index in [2.05, 4.69) is 20.8 Å². The van der Waals surface area contributed by atoms with Crippen molar-refractivity contribution in [2.45, 2.75) is 59.5 Å². The van der Waals surface area contributed by atoms with Crippen molar-refractivity contribution < 1.29 is 9.53 Å². The molecule has 0 bridgehead atoms. The molecule has 0 aliphatic heterocycles. The van der Waals surface area contributed by atoms with Gasteiger partial charge in [-0.2, -0.15) is 0 Å². The number of hydrogen-bond donors (Lipinski definition) is 1. The summed E-state index contributed by atoms with van der Waals surface area (Å²) in [6.07, 6.45) is 4.03. The van der Waals surface area contributed by atoms with Crippen molar-refractivity contribution in [3.8, 4) is 0 Å². The highest BCUT2D eigenvalue weighted by Gasteiger charge is 2.33. The Labute approximate surface area is 111 Å². The van der Waals surface area contributed by atoms with Crippen LogP contribution in [0.2, 0.25) is 0 Å². The fraction of sp³-hybridized carbons (Fsp3) is 0.933. The normalized spacial score (nSPS) is 30.2. The molecule has 0 spiro atoms. The minimum atomic E-state index is -0.0716. The number of carbonyl (C=O) groups is 1. The molecule has 1 fully saturated rings. The highest BCUT2D eigenvalue weighted by Crippen LogP contribution is 2.35. The minimum Gasteiger partial charge on any atom is -0.462 e. The Balaban J connectivity index is 2.52. The average molecular weight is 255 g/mol. The molecule has 0 amide bonds. The van der Waals surface area contributed by atoms with Crippen molar-refractivity contribution >= 4 is 5.97 Å². The van der Waals surface area contributed by atoms with Gasteiger partial charge in [0.2, 0.25) is 0 Å². The third-order valence-corrected chi connectivity index (χ3v) is 4.16. The Hall–Kier alpha value is -0.570. The lowest BCUT2D eigenvalue weighted by Gasteiger charge is -2.36. The molecular formula is C15H29NO2. The average Bonchev–Trinajstić information content (AvgIpc) is 2.28. The summed E-state index contributed by atoms with van der Waals surface area (Å²) in [6, 6.07) is 0. The van der Waals surface area contributed by atoms with E-state index in [0.717, 1.165) is 6.42 Å². The van der Waals surface area contributed by atoms with Gasteiger partial charge in [-0.05, 0) is 43.1 Å². The summed E-state index contributed by atoms with van der Waals surface area (Å²) in [5, 5.41) is 0. The van der Waals surface area contributed by atoms with Crippen molar-refractivity contribution in [3.63, 3.8) is 0 Å².